The summed E-state index contributed by atoms with van der Waals surface area (Å²) in [7, 11) is 1.69. The molecular formula is C15H13N3O3S2. The second-order valence-electron chi connectivity index (χ2n) is 5.12. The second kappa shape index (κ2) is 6.13. The van der Waals surface area contributed by atoms with Crippen LogP contribution in [0.5, 0.6) is 0 Å². The summed E-state index contributed by atoms with van der Waals surface area (Å²) in [5.41, 5.74) is 2.45. The minimum atomic E-state index is -0.398. The monoisotopic (exact) mass is 347 g/mol. The summed E-state index contributed by atoms with van der Waals surface area (Å²) in [4.78, 5) is 27.3. The summed E-state index contributed by atoms with van der Waals surface area (Å²) in [5, 5.41) is 13.8. The Labute approximate surface area is 139 Å². The lowest BCUT2D eigenvalue weighted by atomic mass is 10.2. The maximum absolute atomic E-state index is 12.4. The van der Waals surface area contributed by atoms with Crippen LogP contribution in [-0.2, 0) is 12.8 Å². The van der Waals surface area contributed by atoms with Crippen molar-refractivity contribution >= 4 is 39.0 Å². The Morgan fingerprint density at radius 3 is 2.87 bits per heavy atom. The number of nitro groups is 1. The Morgan fingerprint density at radius 1 is 1.39 bits per heavy atom. The molecule has 3 aromatic rings. The van der Waals surface area contributed by atoms with Gasteiger partial charge in [0.15, 0.2) is 5.16 Å². The number of hydrogen-bond acceptors (Lipinski definition) is 6. The average molecular weight is 347 g/mol. The number of thioether (sulfide) groups is 1. The van der Waals surface area contributed by atoms with Gasteiger partial charge in [0.2, 0.25) is 0 Å². The first-order valence-electron chi connectivity index (χ1n) is 6.77. The number of fused-ring (bicyclic) bond motifs is 1. The maximum atomic E-state index is 12.4. The van der Waals surface area contributed by atoms with E-state index in [2.05, 4.69) is 4.98 Å². The van der Waals surface area contributed by atoms with E-state index in [1.54, 1.807) is 18.5 Å². The molecule has 0 aliphatic carbocycles. The van der Waals surface area contributed by atoms with Gasteiger partial charge in [-0.25, -0.2) is 4.98 Å². The molecule has 23 heavy (non-hydrogen) atoms. The predicted molar refractivity (Wildman–Crippen MR) is 92.3 cm³/mol. The lowest BCUT2D eigenvalue weighted by Crippen LogP contribution is -2.20. The van der Waals surface area contributed by atoms with Crippen LogP contribution < -0.4 is 5.56 Å². The maximum Gasteiger partial charge on any atom is 0.324 e. The third-order valence-electron chi connectivity index (χ3n) is 3.38. The van der Waals surface area contributed by atoms with Gasteiger partial charge in [-0.1, -0.05) is 34.7 Å². The van der Waals surface area contributed by atoms with Crippen LogP contribution in [0.1, 0.15) is 11.1 Å². The van der Waals surface area contributed by atoms with E-state index in [9.17, 15) is 14.9 Å². The summed E-state index contributed by atoms with van der Waals surface area (Å²) in [5.74, 6) is 0.530. The molecule has 0 spiro atoms. The van der Waals surface area contributed by atoms with Gasteiger partial charge in [-0.15, -0.1) is 0 Å². The summed E-state index contributed by atoms with van der Waals surface area (Å²) < 4.78 is 1.52. The highest BCUT2D eigenvalue weighted by Crippen LogP contribution is 2.28. The van der Waals surface area contributed by atoms with Crippen molar-refractivity contribution in [2.24, 2.45) is 7.05 Å². The third kappa shape index (κ3) is 3.13. The molecule has 1 aromatic carbocycles. The van der Waals surface area contributed by atoms with Gasteiger partial charge in [0.05, 0.1) is 15.8 Å². The standard InChI is InChI=1S/C15H13N3O3S2/c1-9-3-4-12-11(5-9)14(19)17(2)15(16-12)23-8-10-6-13(18(20)21)22-7-10/h3-7H,8H2,1-2H3. The van der Waals surface area contributed by atoms with E-state index in [-0.39, 0.29) is 10.6 Å². The van der Waals surface area contributed by atoms with Crippen LogP contribution in [0.15, 0.2) is 39.6 Å². The van der Waals surface area contributed by atoms with Gasteiger partial charge in [-0.3, -0.25) is 19.5 Å². The molecule has 0 aliphatic rings. The van der Waals surface area contributed by atoms with E-state index < -0.39 is 4.92 Å². The zero-order chi connectivity index (χ0) is 16.6. The average Bonchev–Trinajstić information content (AvgIpc) is 2.99. The predicted octanol–water partition coefficient (Wildman–Crippen LogP) is 3.50. The number of nitrogens with zero attached hydrogens (tertiary/aromatic N) is 3. The van der Waals surface area contributed by atoms with Crippen molar-refractivity contribution in [3.8, 4) is 0 Å². The molecule has 0 unspecified atom stereocenters. The Balaban J connectivity index is 1.90. The molecule has 0 saturated heterocycles. The molecule has 8 heteroatoms. The van der Waals surface area contributed by atoms with Crippen molar-refractivity contribution in [3.05, 3.63) is 61.2 Å². The van der Waals surface area contributed by atoms with Gasteiger partial charge < -0.3 is 0 Å². The molecule has 0 amide bonds. The van der Waals surface area contributed by atoms with Crippen molar-refractivity contribution in [2.45, 2.75) is 17.8 Å². The number of benzene rings is 1. The highest BCUT2D eigenvalue weighted by Gasteiger charge is 2.12. The fourth-order valence-electron chi connectivity index (χ4n) is 2.18. The lowest BCUT2D eigenvalue weighted by Gasteiger charge is -2.08. The first-order chi connectivity index (χ1) is 11.0. The molecule has 2 heterocycles. The van der Waals surface area contributed by atoms with Gasteiger partial charge in [0.25, 0.3) is 5.56 Å². The largest absolute Gasteiger partial charge is 0.324 e. The van der Waals surface area contributed by atoms with Crippen LogP contribution in [0.2, 0.25) is 0 Å². The Morgan fingerprint density at radius 2 is 2.17 bits per heavy atom. The molecule has 0 N–H and O–H groups in total. The first kappa shape index (κ1) is 15.7. The minimum Gasteiger partial charge on any atom is -0.290 e. The molecule has 118 valence electrons. The molecule has 0 saturated carbocycles. The topological polar surface area (TPSA) is 78.0 Å². The van der Waals surface area contributed by atoms with E-state index in [0.29, 0.717) is 21.8 Å². The molecule has 0 radical (unpaired) electrons. The lowest BCUT2D eigenvalue weighted by molar-refractivity contribution is -0.380. The highest BCUT2D eigenvalue weighted by molar-refractivity contribution is 7.98. The molecular weight excluding hydrogens is 334 g/mol. The van der Waals surface area contributed by atoms with E-state index in [1.165, 1.54) is 16.3 Å². The Bertz CT molecular complexity index is 962. The van der Waals surface area contributed by atoms with Crippen molar-refractivity contribution in [1.29, 1.82) is 0 Å². The summed E-state index contributed by atoms with van der Waals surface area (Å²) in [6.45, 7) is 1.94. The SMILES string of the molecule is Cc1ccc2nc(SCc3csc([N+](=O)[O-])c3)n(C)c(=O)c2c1. The summed E-state index contributed by atoms with van der Waals surface area (Å²) in [6, 6.07) is 7.15. The van der Waals surface area contributed by atoms with Crippen LogP contribution in [0, 0.1) is 17.0 Å². The summed E-state index contributed by atoms with van der Waals surface area (Å²) in [6.07, 6.45) is 0. The normalized spacial score (nSPS) is 11.0. The first-order valence-corrected chi connectivity index (χ1v) is 8.64. The minimum absolute atomic E-state index is 0.0856. The molecule has 0 atom stereocenters. The van der Waals surface area contributed by atoms with Crippen LogP contribution >= 0.6 is 23.1 Å². The Hall–Kier alpha value is -2.19. The fourth-order valence-corrected chi connectivity index (χ4v) is 3.91. The quantitative estimate of drug-likeness (QED) is 0.312. The molecule has 6 nitrogen and oxygen atoms in total. The Kier molecular flexibility index (Phi) is 4.18. The van der Waals surface area contributed by atoms with Crippen LogP contribution in [0.4, 0.5) is 5.00 Å². The van der Waals surface area contributed by atoms with Crippen molar-refractivity contribution in [1.82, 2.24) is 9.55 Å². The highest BCUT2D eigenvalue weighted by atomic mass is 32.2. The zero-order valence-corrected chi connectivity index (χ0v) is 14.1. The van der Waals surface area contributed by atoms with E-state index >= 15 is 0 Å². The summed E-state index contributed by atoms with van der Waals surface area (Å²) >= 11 is 2.50. The number of aromatic nitrogens is 2. The number of hydrogen-bond donors (Lipinski definition) is 0. The van der Waals surface area contributed by atoms with E-state index in [4.69, 9.17) is 0 Å². The van der Waals surface area contributed by atoms with Gasteiger partial charge in [-0.2, -0.15) is 0 Å². The second-order valence-corrected chi connectivity index (χ2v) is 6.95. The zero-order valence-electron chi connectivity index (χ0n) is 12.5. The van der Waals surface area contributed by atoms with E-state index in [0.717, 1.165) is 22.5 Å². The smallest absolute Gasteiger partial charge is 0.290 e. The third-order valence-corrected chi connectivity index (χ3v) is 5.41. The van der Waals surface area contributed by atoms with Gasteiger partial charge in [0, 0.05) is 24.2 Å². The van der Waals surface area contributed by atoms with Crippen LogP contribution in [-0.4, -0.2) is 14.5 Å². The number of thiophene rings is 1. The van der Waals surface area contributed by atoms with Gasteiger partial charge >= 0.3 is 5.00 Å². The van der Waals surface area contributed by atoms with Crippen molar-refractivity contribution < 1.29 is 4.92 Å². The van der Waals surface area contributed by atoms with Crippen molar-refractivity contribution in [2.75, 3.05) is 0 Å². The van der Waals surface area contributed by atoms with Crippen LogP contribution in [0.25, 0.3) is 10.9 Å². The fraction of sp³-hybridized carbons (Fsp3) is 0.200. The number of aryl methyl sites for hydroxylation is 1. The molecule has 0 aliphatic heterocycles. The van der Waals surface area contributed by atoms with Crippen LogP contribution in [0.3, 0.4) is 0 Å². The van der Waals surface area contributed by atoms with E-state index in [1.807, 2.05) is 25.1 Å². The molecule has 2 aromatic heterocycles. The van der Waals surface area contributed by atoms with Gasteiger partial charge in [0.1, 0.15) is 0 Å². The molecule has 3 rings (SSSR count). The van der Waals surface area contributed by atoms with Crippen molar-refractivity contribution in [3.63, 3.8) is 0 Å². The molecule has 0 fully saturated rings. The van der Waals surface area contributed by atoms with Gasteiger partial charge in [-0.05, 0) is 24.6 Å². The molecule has 0 bridgehead atoms. The number of rotatable bonds is 4.